The van der Waals surface area contributed by atoms with Crippen molar-refractivity contribution in [2.45, 2.75) is 38.8 Å². The van der Waals surface area contributed by atoms with E-state index in [4.69, 9.17) is 0 Å². The summed E-state index contributed by atoms with van der Waals surface area (Å²) in [6, 6.07) is 8.26. The van der Waals surface area contributed by atoms with Crippen molar-refractivity contribution in [2.24, 2.45) is 0 Å². The molecule has 1 amide bonds. The minimum absolute atomic E-state index is 0.161. The number of benzene rings is 1. The molecule has 1 aliphatic rings. The molecule has 6 nitrogen and oxygen atoms in total. The first-order chi connectivity index (χ1) is 11.8. The van der Waals surface area contributed by atoms with Crippen LogP contribution in [0.5, 0.6) is 0 Å². The number of rotatable bonds is 7. The summed E-state index contributed by atoms with van der Waals surface area (Å²) in [7, 11) is -1.94. The van der Waals surface area contributed by atoms with Crippen LogP contribution in [-0.2, 0) is 27.9 Å². The van der Waals surface area contributed by atoms with Gasteiger partial charge in [-0.15, -0.1) is 0 Å². The molecule has 0 aliphatic carbocycles. The van der Waals surface area contributed by atoms with E-state index in [2.05, 4.69) is 22.3 Å². The van der Waals surface area contributed by atoms with Crippen molar-refractivity contribution in [1.29, 1.82) is 0 Å². The van der Waals surface area contributed by atoms with Crippen LogP contribution < -0.4 is 5.32 Å². The van der Waals surface area contributed by atoms with Gasteiger partial charge < -0.3 is 5.32 Å². The van der Waals surface area contributed by atoms with Crippen LogP contribution in [-0.4, -0.2) is 56.5 Å². The predicted molar refractivity (Wildman–Crippen MR) is 99.5 cm³/mol. The van der Waals surface area contributed by atoms with Crippen molar-refractivity contribution in [3.8, 4) is 0 Å². The lowest BCUT2D eigenvalue weighted by molar-refractivity contribution is -0.121. The molecule has 0 unspecified atom stereocenters. The molecule has 1 N–H and O–H groups in total. The number of likely N-dealkylation sites (tertiary alicyclic amines) is 1. The topological polar surface area (TPSA) is 69.7 Å². The molecule has 1 aromatic carbocycles. The van der Waals surface area contributed by atoms with Gasteiger partial charge in [-0.2, -0.15) is 4.31 Å². The van der Waals surface area contributed by atoms with Crippen LogP contribution in [0.3, 0.4) is 0 Å². The number of nitrogens with zero attached hydrogens (tertiary/aromatic N) is 2. The van der Waals surface area contributed by atoms with Crippen LogP contribution in [0.2, 0.25) is 0 Å². The first kappa shape index (κ1) is 19.9. The minimum Gasteiger partial charge on any atom is -0.351 e. The number of likely N-dealkylation sites (N-methyl/N-ethyl adjacent to an activating group) is 1. The molecule has 1 aliphatic heterocycles. The standard InChI is InChI=1S/C18H29N3O3S/c1-20(25(2,23)24)15-18(22)19-13-16-7-9-17(10-8-16)14-21-11-5-3-4-6-12-21/h7-10H,3-6,11-15H2,1-2H3,(H,19,22). The van der Waals surface area contributed by atoms with Gasteiger partial charge in [0.2, 0.25) is 15.9 Å². The summed E-state index contributed by atoms with van der Waals surface area (Å²) < 4.78 is 23.6. The zero-order valence-electron chi connectivity index (χ0n) is 15.2. The van der Waals surface area contributed by atoms with E-state index in [1.165, 1.54) is 51.4 Å². The Hall–Kier alpha value is -1.44. The Balaban J connectivity index is 1.79. The van der Waals surface area contributed by atoms with E-state index in [1.807, 2.05) is 12.1 Å². The molecule has 0 radical (unpaired) electrons. The summed E-state index contributed by atoms with van der Waals surface area (Å²) in [6.45, 7) is 3.56. The van der Waals surface area contributed by atoms with Gasteiger partial charge in [0.1, 0.15) is 0 Å². The van der Waals surface area contributed by atoms with Crippen molar-refractivity contribution >= 4 is 15.9 Å². The van der Waals surface area contributed by atoms with E-state index in [1.54, 1.807) is 0 Å². The average Bonchev–Trinajstić information content (AvgIpc) is 2.82. The Kier molecular flexibility index (Phi) is 7.40. The molecule has 25 heavy (non-hydrogen) atoms. The number of carbonyl (C=O) groups is 1. The molecule has 0 atom stereocenters. The lowest BCUT2D eigenvalue weighted by atomic mass is 10.1. The highest BCUT2D eigenvalue weighted by molar-refractivity contribution is 7.88. The molecule has 140 valence electrons. The number of carbonyl (C=O) groups excluding carboxylic acids is 1. The number of nitrogens with one attached hydrogen (secondary N) is 1. The van der Waals surface area contributed by atoms with Crippen LogP contribution in [0.25, 0.3) is 0 Å². The van der Waals surface area contributed by atoms with Crippen LogP contribution in [0, 0.1) is 0 Å². The lowest BCUT2D eigenvalue weighted by Crippen LogP contribution is -2.37. The molecule has 0 aromatic heterocycles. The van der Waals surface area contributed by atoms with Crippen LogP contribution in [0.1, 0.15) is 36.8 Å². The van der Waals surface area contributed by atoms with Gasteiger partial charge >= 0.3 is 0 Å². The highest BCUT2D eigenvalue weighted by Crippen LogP contribution is 2.13. The van der Waals surface area contributed by atoms with Gasteiger partial charge in [0.05, 0.1) is 12.8 Å². The van der Waals surface area contributed by atoms with Crippen LogP contribution >= 0.6 is 0 Å². The van der Waals surface area contributed by atoms with Gasteiger partial charge in [-0.25, -0.2) is 8.42 Å². The molecule has 1 aromatic rings. The Morgan fingerprint density at radius 1 is 1.08 bits per heavy atom. The second-order valence-corrected chi connectivity index (χ2v) is 8.89. The summed E-state index contributed by atoms with van der Waals surface area (Å²) in [5.74, 6) is -0.304. The second-order valence-electron chi connectivity index (χ2n) is 6.80. The fourth-order valence-electron chi connectivity index (χ4n) is 2.89. The SMILES string of the molecule is CN(CC(=O)NCc1ccc(CN2CCCCCC2)cc1)S(C)(=O)=O. The summed E-state index contributed by atoms with van der Waals surface area (Å²) in [5.41, 5.74) is 2.30. The monoisotopic (exact) mass is 367 g/mol. The smallest absolute Gasteiger partial charge is 0.235 e. The lowest BCUT2D eigenvalue weighted by Gasteiger charge is -2.19. The number of amides is 1. The number of hydrogen-bond acceptors (Lipinski definition) is 4. The predicted octanol–water partition coefficient (Wildman–Crippen LogP) is 1.57. The average molecular weight is 368 g/mol. The molecular weight excluding hydrogens is 338 g/mol. The summed E-state index contributed by atoms with van der Waals surface area (Å²) in [5, 5.41) is 2.76. The van der Waals surface area contributed by atoms with E-state index in [0.717, 1.165) is 22.7 Å². The zero-order valence-corrected chi connectivity index (χ0v) is 16.0. The van der Waals surface area contributed by atoms with Gasteiger partial charge in [-0.05, 0) is 37.1 Å². The van der Waals surface area contributed by atoms with Gasteiger partial charge in [-0.3, -0.25) is 9.69 Å². The van der Waals surface area contributed by atoms with E-state index < -0.39 is 10.0 Å². The first-order valence-electron chi connectivity index (χ1n) is 8.83. The molecule has 1 saturated heterocycles. The van der Waals surface area contributed by atoms with Crippen molar-refractivity contribution in [2.75, 3.05) is 32.9 Å². The molecule has 2 rings (SSSR count). The summed E-state index contributed by atoms with van der Waals surface area (Å²) >= 11 is 0. The zero-order chi connectivity index (χ0) is 18.3. The maximum atomic E-state index is 11.8. The molecule has 0 spiro atoms. The Morgan fingerprint density at radius 3 is 2.20 bits per heavy atom. The normalized spacial score (nSPS) is 16.6. The summed E-state index contributed by atoms with van der Waals surface area (Å²) in [4.78, 5) is 14.3. The fraction of sp³-hybridized carbons (Fsp3) is 0.611. The third-order valence-electron chi connectivity index (χ3n) is 4.55. The van der Waals surface area contributed by atoms with Crippen LogP contribution in [0.15, 0.2) is 24.3 Å². The van der Waals surface area contributed by atoms with E-state index in [0.29, 0.717) is 6.54 Å². The van der Waals surface area contributed by atoms with E-state index in [9.17, 15) is 13.2 Å². The highest BCUT2D eigenvalue weighted by Gasteiger charge is 2.14. The highest BCUT2D eigenvalue weighted by atomic mass is 32.2. The maximum Gasteiger partial charge on any atom is 0.235 e. The first-order valence-corrected chi connectivity index (χ1v) is 10.7. The fourth-order valence-corrected chi connectivity index (χ4v) is 3.24. The largest absolute Gasteiger partial charge is 0.351 e. The molecular formula is C18H29N3O3S. The molecule has 0 bridgehead atoms. The van der Waals surface area contributed by atoms with Crippen molar-refractivity contribution < 1.29 is 13.2 Å². The molecule has 7 heteroatoms. The van der Waals surface area contributed by atoms with Crippen molar-refractivity contribution in [1.82, 2.24) is 14.5 Å². The van der Waals surface area contributed by atoms with E-state index >= 15 is 0 Å². The third-order valence-corrected chi connectivity index (χ3v) is 5.81. The van der Waals surface area contributed by atoms with Gasteiger partial charge in [0, 0.05) is 20.1 Å². The minimum atomic E-state index is -3.34. The van der Waals surface area contributed by atoms with Gasteiger partial charge in [0.15, 0.2) is 0 Å². The number of hydrogen-bond donors (Lipinski definition) is 1. The van der Waals surface area contributed by atoms with Crippen molar-refractivity contribution in [3.05, 3.63) is 35.4 Å². The van der Waals surface area contributed by atoms with Gasteiger partial charge in [-0.1, -0.05) is 37.1 Å². The molecule has 1 fully saturated rings. The maximum absolute atomic E-state index is 11.8. The Labute approximate surface area is 151 Å². The Bertz CT molecular complexity index is 651. The summed E-state index contributed by atoms with van der Waals surface area (Å²) in [6.07, 6.45) is 6.33. The third kappa shape index (κ3) is 7.13. The molecule has 1 heterocycles. The Morgan fingerprint density at radius 2 is 1.64 bits per heavy atom. The number of sulfonamides is 1. The molecule has 0 saturated carbocycles. The van der Waals surface area contributed by atoms with Crippen LogP contribution in [0.4, 0.5) is 0 Å². The second kappa shape index (κ2) is 9.31. The quantitative estimate of drug-likeness (QED) is 0.794. The van der Waals surface area contributed by atoms with Crippen molar-refractivity contribution in [3.63, 3.8) is 0 Å². The van der Waals surface area contributed by atoms with E-state index in [-0.39, 0.29) is 12.5 Å². The van der Waals surface area contributed by atoms with Gasteiger partial charge in [0.25, 0.3) is 0 Å².